The van der Waals surface area contributed by atoms with Crippen LogP contribution in [0.2, 0.25) is 0 Å². The number of aliphatic hydroxyl groups is 1. The van der Waals surface area contributed by atoms with Crippen molar-refractivity contribution in [3.05, 3.63) is 34.3 Å². The molecule has 0 aromatic heterocycles. The second-order valence-electron chi connectivity index (χ2n) is 4.85. The summed E-state index contributed by atoms with van der Waals surface area (Å²) in [5.74, 6) is -0.777. The van der Waals surface area contributed by atoms with E-state index in [4.69, 9.17) is 5.11 Å². The van der Waals surface area contributed by atoms with E-state index in [1.807, 2.05) is 24.3 Å². The zero-order valence-corrected chi connectivity index (χ0v) is 12.1. The van der Waals surface area contributed by atoms with Gasteiger partial charge in [-0.2, -0.15) is 0 Å². The monoisotopic (exact) mass is 314 g/mol. The van der Waals surface area contributed by atoms with Crippen LogP contribution in [0.4, 0.5) is 0 Å². The lowest BCUT2D eigenvalue weighted by atomic mass is 9.79. The first kappa shape index (κ1) is 15.2. The fourth-order valence-electron chi connectivity index (χ4n) is 2.00. The largest absolute Gasteiger partial charge is 0.481 e. The summed E-state index contributed by atoms with van der Waals surface area (Å²) in [6.07, 6.45) is 2.47. The standard InChI is InChI=1S/C14H19BrO3/c1-14(13(17)18,7-2-3-8-16)10-11-5-4-6-12(15)9-11/h4-6,9,16H,2-3,7-8,10H2,1H3,(H,17,18)/t14-/m1/s1. The maximum absolute atomic E-state index is 11.4. The predicted molar refractivity (Wildman–Crippen MR) is 74.5 cm³/mol. The predicted octanol–water partition coefficient (Wildman–Crippen LogP) is 3.25. The highest BCUT2D eigenvalue weighted by atomic mass is 79.9. The molecule has 100 valence electrons. The zero-order valence-electron chi connectivity index (χ0n) is 10.5. The number of carboxylic acid groups (broad SMARTS) is 1. The van der Waals surface area contributed by atoms with Gasteiger partial charge in [-0.15, -0.1) is 0 Å². The molecule has 3 nitrogen and oxygen atoms in total. The van der Waals surface area contributed by atoms with Gasteiger partial charge in [0.2, 0.25) is 0 Å². The third-order valence-corrected chi connectivity index (χ3v) is 3.63. The van der Waals surface area contributed by atoms with E-state index in [0.717, 1.165) is 16.5 Å². The van der Waals surface area contributed by atoms with Crippen LogP contribution in [0.15, 0.2) is 28.7 Å². The average molecular weight is 315 g/mol. The Bertz CT molecular complexity index is 406. The minimum Gasteiger partial charge on any atom is -0.481 e. The van der Waals surface area contributed by atoms with Crippen molar-refractivity contribution in [1.29, 1.82) is 0 Å². The van der Waals surface area contributed by atoms with Crippen molar-refractivity contribution in [3.8, 4) is 0 Å². The maximum Gasteiger partial charge on any atom is 0.309 e. The van der Waals surface area contributed by atoms with Crippen molar-refractivity contribution in [3.63, 3.8) is 0 Å². The van der Waals surface area contributed by atoms with Gasteiger partial charge in [0.15, 0.2) is 0 Å². The summed E-state index contributed by atoms with van der Waals surface area (Å²) in [6, 6.07) is 7.73. The van der Waals surface area contributed by atoms with Crippen molar-refractivity contribution in [1.82, 2.24) is 0 Å². The average Bonchev–Trinajstić information content (AvgIpc) is 2.29. The fraction of sp³-hybridized carbons (Fsp3) is 0.500. The minimum absolute atomic E-state index is 0.118. The number of halogens is 1. The van der Waals surface area contributed by atoms with E-state index in [1.165, 1.54) is 0 Å². The topological polar surface area (TPSA) is 57.5 Å². The molecular weight excluding hydrogens is 296 g/mol. The van der Waals surface area contributed by atoms with Crippen LogP contribution < -0.4 is 0 Å². The number of hydrogen-bond donors (Lipinski definition) is 2. The third-order valence-electron chi connectivity index (χ3n) is 3.14. The van der Waals surface area contributed by atoms with Gasteiger partial charge in [-0.25, -0.2) is 0 Å². The van der Waals surface area contributed by atoms with Crippen molar-refractivity contribution >= 4 is 21.9 Å². The number of unbranched alkanes of at least 4 members (excludes halogenated alkanes) is 1. The highest BCUT2D eigenvalue weighted by molar-refractivity contribution is 9.10. The Balaban J connectivity index is 2.76. The Hall–Kier alpha value is -0.870. The first-order valence-electron chi connectivity index (χ1n) is 6.06. The SMILES string of the molecule is C[C@@](CCCCO)(Cc1cccc(Br)c1)C(=O)O. The van der Waals surface area contributed by atoms with Crippen LogP contribution in [0.3, 0.4) is 0 Å². The molecule has 0 bridgehead atoms. The Morgan fingerprint density at radius 1 is 1.39 bits per heavy atom. The van der Waals surface area contributed by atoms with Gasteiger partial charge >= 0.3 is 5.97 Å². The number of carbonyl (C=O) groups is 1. The highest BCUT2D eigenvalue weighted by Crippen LogP contribution is 2.30. The molecule has 4 heteroatoms. The molecule has 0 fully saturated rings. The van der Waals surface area contributed by atoms with Gasteiger partial charge in [-0.1, -0.05) is 34.5 Å². The van der Waals surface area contributed by atoms with Gasteiger partial charge < -0.3 is 10.2 Å². The molecule has 0 amide bonds. The lowest BCUT2D eigenvalue weighted by molar-refractivity contribution is -0.148. The Kier molecular flexibility index (Phi) is 5.82. The second-order valence-corrected chi connectivity index (χ2v) is 5.77. The number of rotatable bonds is 7. The summed E-state index contributed by atoms with van der Waals surface area (Å²) in [5, 5.41) is 18.2. The lowest BCUT2D eigenvalue weighted by Crippen LogP contribution is -2.30. The van der Waals surface area contributed by atoms with Crippen LogP contribution in [0.25, 0.3) is 0 Å². The molecule has 0 spiro atoms. The molecule has 1 atom stereocenters. The third kappa shape index (κ3) is 4.42. The van der Waals surface area contributed by atoms with Crippen molar-refractivity contribution < 1.29 is 15.0 Å². The highest BCUT2D eigenvalue weighted by Gasteiger charge is 2.32. The van der Waals surface area contributed by atoms with Gasteiger partial charge in [-0.05, 0) is 43.9 Å². The smallest absolute Gasteiger partial charge is 0.309 e. The molecule has 0 saturated heterocycles. The minimum atomic E-state index is -0.777. The van der Waals surface area contributed by atoms with E-state index in [9.17, 15) is 9.90 Å². The summed E-state index contributed by atoms with van der Waals surface area (Å²) in [4.78, 5) is 11.4. The van der Waals surface area contributed by atoms with Crippen molar-refractivity contribution in [2.45, 2.75) is 32.6 Å². The van der Waals surface area contributed by atoms with E-state index in [2.05, 4.69) is 15.9 Å². The van der Waals surface area contributed by atoms with Crippen LogP contribution >= 0.6 is 15.9 Å². The van der Waals surface area contributed by atoms with E-state index in [-0.39, 0.29) is 6.61 Å². The molecule has 0 radical (unpaired) electrons. The molecule has 0 aliphatic rings. The molecular formula is C14H19BrO3. The van der Waals surface area contributed by atoms with Crippen LogP contribution in [0.1, 0.15) is 31.7 Å². The molecule has 0 unspecified atom stereocenters. The fourth-order valence-corrected chi connectivity index (χ4v) is 2.44. The molecule has 18 heavy (non-hydrogen) atoms. The molecule has 2 N–H and O–H groups in total. The zero-order chi connectivity index (χ0) is 13.6. The van der Waals surface area contributed by atoms with Gasteiger partial charge in [0.25, 0.3) is 0 Å². The van der Waals surface area contributed by atoms with Crippen LogP contribution in [0, 0.1) is 5.41 Å². The molecule has 0 heterocycles. The van der Waals surface area contributed by atoms with Crippen molar-refractivity contribution in [2.75, 3.05) is 6.61 Å². The van der Waals surface area contributed by atoms with Gasteiger partial charge in [-0.3, -0.25) is 4.79 Å². The summed E-state index contributed by atoms with van der Waals surface area (Å²) < 4.78 is 0.961. The van der Waals surface area contributed by atoms with Crippen LogP contribution in [0.5, 0.6) is 0 Å². The van der Waals surface area contributed by atoms with E-state index in [0.29, 0.717) is 19.3 Å². The Labute approximate surface area is 116 Å². The summed E-state index contributed by atoms with van der Waals surface area (Å²) in [5.41, 5.74) is 0.244. The molecule has 0 aliphatic heterocycles. The lowest BCUT2D eigenvalue weighted by Gasteiger charge is -2.25. The second kappa shape index (κ2) is 6.90. The molecule has 1 aromatic rings. The van der Waals surface area contributed by atoms with Crippen LogP contribution in [-0.4, -0.2) is 22.8 Å². The number of carboxylic acids is 1. The summed E-state index contributed by atoms with van der Waals surface area (Å²) >= 11 is 3.39. The van der Waals surface area contributed by atoms with E-state index < -0.39 is 11.4 Å². The quantitative estimate of drug-likeness (QED) is 0.760. The molecule has 1 aromatic carbocycles. The number of aliphatic hydroxyl groups excluding tert-OH is 1. The van der Waals surface area contributed by atoms with Gasteiger partial charge in [0.1, 0.15) is 0 Å². The summed E-state index contributed by atoms with van der Waals surface area (Å²) in [7, 11) is 0. The Morgan fingerprint density at radius 2 is 2.11 bits per heavy atom. The van der Waals surface area contributed by atoms with Crippen LogP contribution in [-0.2, 0) is 11.2 Å². The first-order valence-corrected chi connectivity index (χ1v) is 6.86. The van der Waals surface area contributed by atoms with E-state index >= 15 is 0 Å². The Morgan fingerprint density at radius 3 is 2.67 bits per heavy atom. The number of aliphatic carboxylic acids is 1. The molecule has 0 aliphatic carbocycles. The molecule has 0 saturated carbocycles. The van der Waals surface area contributed by atoms with E-state index in [1.54, 1.807) is 6.92 Å². The molecule has 1 rings (SSSR count). The normalized spacial score (nSPS) is 14.2. The van der Waals surface area contributed by atoms with Gasteiger partial charge in [0, 0.05) is 11.1 Å². The first-order chi connectivity index (χ1) is 8.48. The van der Waals surface area contributed by atoms with Gasteiger partial charge in [0.05, 0.1) is 5.41 Å². The summed E-state index contributed by atoms with van der Waals surface area (Å²) in [6.45, 7) is 1.89. The maximum atomic E-state index is 11.4. The number of hydrogen-bond acceptors (Lipinski definition) is 2. The van der Waals surface area contributed by atoms with Crippen molar-refractivity contribution in [2.24, 2.45) is 5.41 Å². The number of benzene rings is 1.